The van der Waals surface area contributed by atoms with Crippen LogP contribution >= 0.6 is 0 Å². The highest BCUT2D eigenvalue weighted by Crippen LogP contribution is 2.30. The predicted molar refractivity (Wildman–Crippen MR) is 140 cm³/mol. The highest BCUT2D eigenvalue weighted by atomic mass is 32.2. The normalized spacial score (nSPS) is 15.1. The summed E-state index contributed by atoms with van der Waals surface area (Å²) >= 11 is 0. The quantitative estimate of drug-likeness (QED) is 0.346. The number of hydrogen-bond acceptors (Lipinski definition) is 5. The number of sulfone groups is 1. The molecule has 208 valence electrons. The average molecular weight is 565 g/mol. The Balaban J connectivity index is 1.52. The minimum absolute atomic E-state index is 0.00994. The third-order valence-electron chi connectivity index (χ3n) is 6.63. The van der Waals surface area contributed by atoms with Gasteiger partial charge in [-0.25, -0.2) is 26.0 Å². The van der Waals surface area contributed by atoms with Crippen LogP contribution in [-0.4, -0.2) is 64.7 Å². The van der Waals surface area contributed by atoms with Crippen LogP contribution in [0, 0.1) is 11.6 Å². The van der Waals surface area contributed by atoms with E-state index in [0.29, 0.717) is 35.5 Å². The van der Waals surface area contributed by atoms with E-state index in [2.05, 4.69) is 0 Å². The van der Waals surface area contributed by atoms with Gasteiger partial charge in [-0.1, -0.05) is 24.3 Å². The molecule has 11 heteroatoms. The van der Waals surface area contributed by atoms with Crippen LogP contribution in [0.2, 0.25) is 0 Å². The summed E-state index contributed by atoms with van der Waals surface area (Å²) in [5.74, 6) is -1.36. The van der Waals surface area contributed by atoms with Crippen molar-refractivity contribution < 1.29 is 35.5 Å². The van der Waals surface area contributed by atoms with Crippen LogP contribution in [0.4, 0.5) is 23.2 Å². The summed E-state index contributed by atoms with van der Waals surface area (Å²) in [7, 11) is -3.59. The van der Waals surface area contributed by atoms with Crippen molar-refractivity contribution in [3.63, 3.8) is 0 Å². The minimum atomic E-state index is -3.59. The van der Waals surface area contributed by atoms with E-state index in [4.69, 9.17) is 4.74 Å². The number of rotatable bonds is 8. The number of amides is 1. The molecule has 0 spiro atoms. The molecular formula is C28H28F4N2O4S. The molecule has 3 aromatic rings. The van der Waals surface area contributed by atoms with Gasteiger partial charge < -0.3 is 14.5 Å². The molecule has 1 heterocycles. The Labute approximate surface area is 224 Å². The van der Waals surface area contributed by atoms with Crippen LogP contribution in [0.15, 0.2) is 65.6 Å². The number of piperazine rings is 1. The van der Waals surface area contributed by atoms with Gasteiger partial charge in [0.15, 0.2) is 9.84 Å². The molecule has 0 saturated carbocycles. The Morgan fingerprint density at radius 2 is 1.62 bits per heavy atom. The fourth-order valence-corrected chi connectivity index (χ4v) is 5.13. The Bertz CT molecular complexity index is 1440. The lowest BCUT2D eigenvalue weighted by molar-refractivity contribution is -0.0182. The molecule has 1 aliphatic heterocycles. The molecule has 4 rings (SSSR count). The van der Waals surface area contributed by atoms with E-state index < -0.39 is 40.6 Å². The van der Waals surface area contributed by atoms with Gasteiger partial charge in [0.25, 0.3) is 12.3 Å². The van der Waals surface area contributed by atoms with Gasteiger partial charge in [0.05, 0.1) is 16.7 Å². The number of hydrogen-bond donors (Lipinski definition) is 0. The molecule has 1 aliphatic rings. The van der Waals surface area contributed by atoms with Crippen molar-refractivity contribution >= 4 is 21.4 Å². The molecule has 0 aromatic heterocycles. The highest BCUT2D eigenvalue weighted by Gasteiger charge is 2.27. The lowest BCUT2D eigenvalue weighted by Crippen LogP contribution is -2.49. The second-order valence-corrected chi connectivity index (χ2v) is 11.4. The zero-order valence-corrected chi connectivity index (χ0v) is 22.2. The second-order valence-electron chi connectivity index (χ2n) is 9.34. The molecule has 0 aliphatic carbocycles. The summed E-state index contributed by atoms with van der Waals surface area (Å²) in [6.07, 6.45) is -2.26. The van der Waals surface area contributed by atoms with Gasteiger partial charge in [0.2, 0.25) is 0 Å². The van der Waals surface area contributed by atoms with Gasteiger partial charge in [0.1, 0.15) is 18.2 Å². The van der Waals surface area contributed by atoms with E-state index in [1.165, 1.54) is 48.5 Å². The van der Waals surface area contributed by atoms with Gasteiger partial charge in [0, 0.05) is 38.0 Å². The van der Waals surface area contributed by atoms with Gasteiger partial charge >= 0.3 is 0 Å². The van der Waals surface area contributed by atoms with E-state index in [9.17, 15) is 30.8 Å². The van der Waals surface area contributed by atoms with Gasteiger partial charge in [-0.15, -0.1) is 0 Å². The van der Waals surface area contributed by atoms with Crippen molar-refractivity contribution in [1.29, 1.82) is 0 Å². The van der Waals surface area contributed by atoms with Crippen molar-refractivity contribution in [3.05, 3.63) is 83.4 Å². The first-order valence-electron chi connectivity index (χ1n) is 12.3. The lowest BCUT2D eigenvalue weighted by atomic mass is 9.98. The SMILES string of the molecule is CC(OCC(F)F)c1ccc(N2CCN(C(=O)c3cc(S(C)(=O)=O)ccc3-c3ccc(F)cc3)CC2)c(F)c1. The van der Waals surface area contributed by atoms with E-state index in [0.717, 1.165) is 6.26 Å². The Kier molecular flexibility index (Phi) is 8.60. The number of benzene rings is 3. The maximum atomic E-state index is 14.9. The summed E-state index contributed by atoms with van der Waals surface area (Å²) in [5.41, 5.74) is 1.96. The van der Waals surface area contributed by atoms with Crippen molar-refractivity contribution in [2.75, 3.05) is 43.9 Å². The number of anilines is 1. The largest absolute Gasteiger partial charge is 0.368 e. The van der Waals surface area contributed by atoms with Gasteiger partial charge in [-0.3, -0.25) is 4.79 Å². The summed E-state index contributed by atoms with van der Waals surface area (Å²) < 4.78 is 82.7. The zero-order chi connectivity index (χ0) is 28.3. The standard InChI is InChI=1S/C28H28F4N2O4S/c1-18(38-17-27(31)32)20-5-10-26(25(30)15-20)33-11-13-34(14-12-33)28(35)24-16-22(39(2,36)37)8-9-23(24)19-3-6-21(29)7-4-19/h3-10,15-16,18,27H,11-14,17H2,1-2H3. The summed E-state index contributed by atoms with van der Waals surface area (Å²) in [6.45, 7) is 1.96. The summed E-state index contributed by atoms with van der Waals surface area (Å²) in [4.78, 5) is 16.9. The third-order valence-corrected chi connectivity index (χ3v) is 7.74. The van der Waals surface area contributed by atoms with E-state index in [-0.39, 0.29) is 29.5 Å². The maximum Gasteiger partial charge on any atom is 0.261 e. The topological polar surface area (TPSA) is 66.9 Å². The number of ether oxygens (including phenoxy) is 1. The molecule has 3 aromatic carbocycles. The number of halogens is 4. The molecule has 0 bridgehead atoms. The smallest absolute Gasteiger partial charge is 0.261 e. The average Bonchev–Trinajstić information content (AvgIpc) is 2.91. The Hall–Kier alpha value is -3.44. The molecule has 0 radical (unpaired) electrons. The molecular weight excluding hydrogens is 536 g/mol. The van der Waals surface area contributed by atoms with Crippen molar-refractivity contribution in [3.8, 4) is 11.1 Å². The van der Waals surface area contributed by atoms with E-state index in [1.54, 1.807) is 28.9 Å². The summed E-state index contributed by atoms with van der Waals surface area (Å²) in [5, 5.41) is 0. The van der Waals surface area contributed by atoms with Crippen molar-refractivity contribution in [1.82, 2.24) is 4.90 Å². The number of carbonyl (C=O) groups is 1. The maximum absolute atomic E-state index is 14.9. The molecule has 6 nitrogen and oxygen atoms in total. The minimum Gasteiger partial charge on any atom is -0.368 e. The third kappa shape index (κ3) is 6.77. The van der Waals surface area contributed by atoms with Crippen molar-refractivity contribution in [2.45, 2.75) is 24.3 Å². The van der Waals surface area contributed by atoms with Gasteiger partial charge in [-0.05, 0) is 60.0 Å². The van der Waals surface area contributed by atoms with Gasteiger partial charge in [-0.2, -0.15) is 0 Å². The second kappa shape index (κ2) is 11.7. The number of nitrogens with zero attached hydrogens (tertiary/aromatic N) is 2. The molecule has 1 unspecified atom stereocenters. The fraction of sp³-hybridized carbons (Fsp3) is 0.321. The molecule has 1 fully saturated rings. The lowest BCUT2D eigenvalue weighted by Gasteiger charge is -2.36. The Morgan fingerprint density at radius 1 is 0.949 bits per heavy atom. The zero-order valence-electron chi connectivity index (χ0n) is 21.4. The molecule has 1 saturated heterocycles. The van der Waals surface area contributed by atoms with E-state index >= 15 is 0 Å². The highest BCUT2D eigenvalue weighted by molar-refractivity contribution is 7.90. The van der Waals surface area contributed by atoms with Crippen LogP contribution in [-0.2, 0) is 14.6 Å². The Morgan fingerprint density at radius 3 is 2.21 bits per heavy atom. The molecule has 1 atom stereocenters. The molecule has 39 heavy (non-hydrogen) atoms. The van der Waals surface area contributed by atoms with Crippen LogP contribution in [0.3, 0.4) is 0 Å². The molecule has 1 amide bonds. The van der Waals surface area contributed by atoms with Crippen LogP contribution < -0.4 is 4.90 Å². The fourth-order valence-electron chi connectivity index (χ4n) is 4.48. The van der Waals surface area contributed by atoms with Crippen molar-refractivity contribution in [2.24, 2.45) is 0 Å². The van der Waals surface area contributed by atoms with Crippen LogP contribution in [0.25, 0.3) is 11.1 Å². The first-order chi connectivity index (χ1) is 18.4. The predicted octanol–water partition coefficient (Wildman–Crippen LogP) is 5.34. The van der Waals surface area contributed by atoms with Crippen LogP contribution in [0.5, 0.6) is 0 Å². The summed E-state index contributed by atoms with van der Waals surface area (Å²) in [6, 6.07) is 14.3. The molecule has 0 N–H and O–H groups in total. The van der Waals surface area contributed by atoms with E-state index in [1.807, 2.05) is 0 Å². The number of carbonyl (C=O) groups excluding carboxylic acids is 1. The number of alkyl halides is 2. The monoisotopic (exact) mass is 564 g/mol. The van der Waals surface area contributed by atoms with Crippen LogP contribution in [0.1, 0.15) is 28.9 Å². The first kappa shape index (κ1) is 28.6. The first-order valence-corrected chi connectivity index (χ1v) is 14.2.